The van der Waals surface area contributed by atoms with Crippen LogP contribution in [0.3, 0.4) is 0 Å². The van der Waals surface area contributed by atoms with Gasteiger partial charge in [-0.2, -0.15) is 0 Å². The number of piperazine rings is 1. The smallest absolute Gasteiger partial charge is 0.251 e. The first-order valence-electron chi connectivity index (χ1n) is 9.59. The summed E-state index contributed by atoms with van der Waals surface area (Å²) in [5.41, 5.74) is 2.48. The third-order valence-corrected chi connectivity index (χ3v) is 5.40. The van der Waals surface area contributed by atoms with Gasteiger partial charge in [0.25, 0.3) is 5.91 Å². The third-order valence-electron chi connectivity index (χ3n) is 5.15. The molecule has 0 aromatic heterocycles. The van der Waals surface area contributed by atoms with E-state index in [-0.39, 0.29) is 25.0 Å². The van der Waals surface area contributed by atoms with Gasteiger partial charge in [-0.3, -0.25) is 9.59 Å². The molecule has 2 aliphatic heterocycles. The molecule has 1 fully saturated rings. The lowest BCUT2D eigenvalue weighted by Gasteiger charge is -2.36. The number of fused-ring (bicyclic) bond motifs is 1. The zero-order chi connectivity index (χ0) is 20.2. The predicted molar refractivity (Wildman–Crippen MR) is 113 cm³/mol. The van der Waals surface area contributed by atoms with E-state index in [0.717, 1.165) is 30.1 Å². The molecule has 1 N–H and O–H groups in total. The van der Waals surface area contributed by atoms with Crippen molar-refractivity contribution in [3.63, 3.8) is 0 Å². The Labute approximate surface area is 174 Å². The Morgan fingerprint density at radius 1 is 1.00 bits per heavy atom. The van der Waals surface area contributed by atoms with E-state index >= 15 is 0 Å². The largest absolute Gasteiger partial charge is 0.488 e. The highest BCUT2D eigenvalue weighted by Gasteiger charge is 2.23. The minimum Gasteiger partial charge on any atom is -0.488 e. The molecule has 1 saturated heterocycles. The van der Waals surface area contributed by atoms with Gasteiger partial charge in [0.05, 0.1) is 12.1 Å². The van der Waals surface area contributed by atoms with Crippen LogP contribution in [0.25, 0.3) is 6.08 Å². The summed E-state index contributed by atoms with van der Waals surface area (Å²) in [6.07, 6.45) is 1.81. The van der Waals surface area contributed by atoms with E-state index in [4.69, 9.17) is 16.3 Å². The fraction of sp³-hybridized carbons (Fsp3) is 0.273. The Kier molecular flexibility index (Phi) is 5.71. The van der Waals surface area contributed by atoms with Gasteiger partial charge in [0.1, 0.15) is 12.4 Å². The summed E-state index contributed by atoms with van der Waals surface area (Å²) in [6.45, 7) is 2.93. The second-order valence-electron chi connectivity index (χ2n) is 7.02. The van der Waals surface area contributed by atoms with Crippen molar-refractivity contribution in [1.82, 2.24) is 10.2 Å². The molecule has 2 aromatic carbocycles. The molecule has 0 unspecified atom stereocenters. The highest BCUT2D eigenvalue weighted by atomic mass is 35.5. The quantitative estimate of drug-likeness (QED) is 0.840. The van der Waals surface area contributed by atoms with E-state index in [2.05, 4.69) is 10.2 Å². The second kappa shape index (κ2) is 8.57. The molecule has 0 bridgehead atoms. The van der Waals surface area contributed by atoms with Gasteiger partial charge in [0.15, 0.2) is 0 Å². The molecular weight excluding hydrogens is 390 g/mol. The molecular formula is C22H22ClN3O3. The molecule has 2 aliphatic rings. The molecule has 2 amide bonds. The molecule has 0 spiro atoms. The number of nitrogens with one attached hydrogen (secondary N) is 1. The molecule has 0 aliphatic carbocycles. The first-order chi connectivity index (χ1) is 14.1. The maximum absolute atomic E-state index is 12.5. The molecule has 2 heterocycles. The average molecular weight is 412 g/mol. The maximum Gasteiger partial charge on any atom is 0.251 e. The van der Waals surface area contributed by atoms with E-state index in [1.165, 1.54) is 0 Å². The minimum atomic E-state index is -0.271. The van der Waals surface area contributed by atoms with Gasteiger partial charge in [0.2, 0.25) is 5.91 Å². The number of hydrogen-bond donors (Lipinski definition) is 1. The van der Waals surface area contributed by atoms with E-state index < -0.39 is 0 Å². The summed E-state index contributed by atoms with van der Waals surface area (Å²) in [4.78, 5) is 28.9. The van der Waals surface area contributed by atoms with E-state index in [0.29, 0.717) is 23.7 Å². The van der Waals surface area contributed by atoms with Crippen LogP contribution in [0.5, 0.6) is 5.75 Å². The first-order valence-corrected chi connectivity index (χ1v) is 9.97. The fourth-order valence-corrected chi connectivity index (χ4v) is 3.62. The number of amides is 2. The van der Waals surface area contributed by atoms with Crippen LogP contribution in [0, 0.1) is 0 Å². The summed E-state index contributed by atoms with van der Waals surface area (Å²) in [7, 11) is 0. The standard InChI is InChI=1S/C22H22ClN3O3/c23-18-5-7-19(8-6-18)25-9-11-26(12-10-25)21(27)14-24-22(28)17-13-16-3-1-2-4-20(16)29-15-17/h1-8,13H,9-12,14-15H2,(H,24,28). The number of nitrogens with zero attached hydrogens (tertiary/aromatic N) is 2. The Balaban J connectivity index is 1.27. The molecule has 29 heavy (non-hydrogen) atoms. The van der Waals surface area contributed by atoms with Gasteiger partial charge in [-0.25, -0.2) is 0 Å². The first kappa shape index (κ1) is 19.3. The normalized spacial score (nSPS) is 15.8. The minimum absolute atomic E-state index is 0.0151. The van der Waals surface area contributed by atoms with Crippen molar-refractivity contribution in [3.05, 3.63) is 64.7 Å². The number of ether oxygens (including phenoxy) is 1. The van der Waals surface area contributed by atoms with Gasteiger partial charge in [-0.15, -0.1) is 0 Å². The summed E-state index contributed by atoms with van der Waals surface area (Å²) < 4.78 is 5.60. The lowest BCUT2D eigenvalue weighted by Crippen LogP contribution is -2.51. The van der Waals surface area contributed by atoms with Gasteiger partial charge in [-0.05, 0) is 36.4 Å². The van der Waals surface area contributed by atoms with Crippen molar-refractivity contribution in [2.24, 2.45) is 0 Å². The number of rotatable bonds is 4. The fourth-order valence-electron chi connectivity index (χ4n) is 3.49. The van der Waals surface area contributed by atoms with E-state index in [1.807, 2.05) is 54.6 Å². The summed E-state index contributed by atoms with van der Waals surface area (Å²) in [5, 5.41) is 3.43. The van der Waals surface area contributed by atoms with Crippen molar-refractivity contribution in [1.29, 1.82) is 0 Å². The summed E-state index contributed by atoms with van der Waals surface area (Å²) in [5.74, 6) is 0.415. The number of anilines is 1. The van der Waals surface area contributed by atoms with Crippen LogP contribution >= 0.6 is 11.6 Å². The number of benzene rings is 2. The van der Waals surface area contributed by atoms with Crippen LogP contribution in [0.4, 0.5) is 5.69 Å². The highest BCUT2D eigenvalue weighted by Crippen LogP contribution is 2.25. The monoisotopic (exact) mass is 411 g/mol. The number of hydrogen-bond acceptors (Lipinski definition) is 4. The molecule has 7 heteroatoms. The lowest BCUT2D eigenvalue weighted by atomic mass is 10.1. The topological polar surface area (TPSA) is 61.9 Å². The van der Waals surface area contributed by atoms with E-state index in [9.17, 15) is 9.59 Å². The van der Waals surface area contributed by atoms with Crippen LogP contribution in [0.1, 0.15) is 5.56 Å². The van der Waals surface area contributed by atoms with Gasteiger partial charge in [-0.1, -0.05) is 29.8 Å². The molecule has 0 radical (unpaired) electrons. The van der Waals surface area contributed by atoms with Crippen LogP contribution in [-0.4, -0.2) is 56.0 Å². The van der Waals surface area contributed by atoms with E-state index in [1.54, 1.807) is 4.90 Å². The summed E-state index contributed by atoms with van der Waals surface area (Å²) >= 11 is 5.94. The zero-order valence-electron chi connectivity index (χ0n) is 15.9. The molecule has 6 nitrogen and oxygen atoms in total. The third kappa shape index (κ3) is 4.54. The predicted octanol–water partition coefficient (Wildman–Crippen LogP) is 2.58. The number of para-hydroxylation sites is 1. The van der Waals surface area contributed by atoms with Crippen LogP contribution in [-0.2, 0) is 9.59 Å². The SMILES string of the molecule is O=C(NCC(=O)N1CCN(c2ccc(Cl)cc2)CC1)C1=Cc2ccccc2OC1. The molecule has 0 atom stereocenters. The Morgan fingerprint density at radius 2 is 1.72 bits per heavy atom. The van der Waals surface area contributed by atoms with Crippen molar-refractivity contribution >= 4 is 35.2 Å². The van der Waals surface area contributed by atoms with Crippen LogP contribution < -0.4 is 15.0 Å². The van der Waals surface area contributed by atoms with Gasteiger partial charge >= 0.3 is 0 Å². The number of carbonyl (C=O) groups is 2. The molecule has 4 rings (SSSR count). The molecule has 150 valence electrons. The maximum atomic E-state index is 12.5. The van der Waals surface area contributed by atoms with Crippen LogP contribution in [0.2, 0.25) is 5.02 Å². The van der Waals surface area contributed by atoms with Gasteiger partial charge < -0.3 is 19.9 Å². The number of carbonyl (C=O) groups excluding carboxylic acids is 2. The highest BCUT2D eigenvalue weighted by molar-refractivity contribution is 6.30. The van der Waals surface area contributed by atoms with Crippen molar-refractivity contribution in [3.8, 4) is 5.75 Å². The molecule has 0 saturated carbocycles. The zero-order valence-corrected chi connectivity index (χ0v) is 16.7. The second-order valence-corrected chi connectivity index (χ2v) is 7.46. The van der Waals surface area contributed by atoms with Crippen molar-refractivity contribution < 1.29 is 14.3 Å². The Bertz CT molecular complexity index is 935. The Morgan fingerprint density at radius 3 is 2.48 bits per heavy atom. The lowest BCUT2D eigenvalue weighted by molar-refractivity contribution is -0.132. The summed E-state index contributed by atoms with van der Waals surface area (Å²) in [6, 6.07) is 15.3. The van der Waals surface area contributed by atoms with Gasteiger partial charge in [0, 0.05) is 42.5 Å². The number of halogens is 1. The Hall–Kier alpha value is -2.99. The van der Waals surface area contributed by atoms with Crippen LogP contribution in [0.15, 0.2) is 54.1 Å². The molecule has 2 aromatic rings. The van der Waals surface area contributed by atoms with Crippen molar-refractivity contribution in [2.75, 3.05) is 44.2 Å². The average Bonchev–Trinajstić information content (AvgIpc) is 2.77. The van der Waals surface area contributed by atoms with Crippen molar-refractivity contribution in [2.45, 2.75) is 0 Å².